The monoisotopic (exact) mass is 283 g/mol. The molecule has 0 radical (unpaired) electrons. The van der Waals surface area contributed by atoms with Crippen LogP contribution in [0, 0.1) is 0 Å². The Labute approximate surface area is 120 Å². The Balaban J connectivity index is 2.05. The van der Waals surface area contributed by atoms with Crippen molar-refractivity contribution in [1.29, 1.82) is 0 Å². The van der Waals surface area contributed by atoms with Crippen molar-refractivity contribution in [2.24, 2.45) is 0 Å². The van der Waals surface area contributed by atoms with Crippen molar-refractivity contribution < 1.29 is 14.4 Å². The predicted molar refractivity (Wildman–Crippen MR) is 76.9 cm³/mol. The molecule has 0 unspecified atom stereocenters. The Morgan fingerprint density at radius 1 is 1.05 bits per heavy atom. The minimum absolute atomic E-state index is 0.165. The van der Waals surface area contributed by atoms with Crippen LogP contribution < -0.4 is 10.6 Å². The number of urea groups is 1. The van der Waals surface area contributed by atoms with Gasteiger partial charge >= 0.3 is 6.03 Å². The summed E-state index contributed by atoms with van der Waals surface area (Å²) < 4.78 is 0. The zero-order valence-electron chi connectivity index (χ0n) is 11.3. The van der Waals surface area contributed by atoms with E-state index in [-0.39, 0.29) is 6.67 Å². The maximum Gasteiger partial charge on any atom is 0.315 e. The van der Waals surface area contributed by atoms with E-state index in [4.69, 9.17) is 0 Å². The molecule has 2 aromatic rings. The third-order valence-electron chi connectivity index (χ3n) is 3.48. The Hall–Kier alpha value is -2.89. The fourth-order valence-corrected chi connectivity index (χ4v) is 2.46. The minimum Gasteiger partial charge on any atom is -0.341 e. The molecule has 0 aromatic heterocycles. The van der Waals surface area contributed by atoms with Crippen molar-refractivity contribution in [2.75, 3.05) is 13.7 Å². The van der Waals surface area contributed by atoms with E-state index in [1.54, 1.807) is 24.3 Å². The average Bonchev–Trinajstić information content (AvgIpc) is 2.52. The lowest BCUT2D eigenvalue weighted by molar-refractivity contribution is 0.0603. The molecular weight excluding hydrogens is 270 g/mol. The number of amides is 4. The second-order valence-electron chi connectivity index (χ2n) is 4.66. The quantitative estimate of drug-likeness (QED) is 0.816. The van der Waals surface area contributed by atoms with Crippen molar-refractivity contribution in [3.63, 3.8) is 0 Å². The highest BCUT2D eigenvalue weighted by Crippen LogP contribution is 2.29. The third kappa shape index (κ3) is 2.01. The first-order valence-corrected chi connectivity index (χ1v) is 6.47. The molecule has 2 aromatic carbocycles. The number of nitrogens with one attached hydrogen (secondary N) is 2. The molecule has 1 heterocycles. The number of imide groups is 1. The number of rotatable bonds is 2. The van der Waals surface area contributed by atoms with Crippen LogP contribution in [0.5, 0.6) is 0 Å². The molecule has 0 bridgehead atoms. The summed E-state index contributed by atoms with van der Waals surface area (Å²) in [5.74, 6) is -0.804. The lowest BCUT2D eigenvalue weighted by Gasteiger charge is -2.27. The van der Waals surface area contributed by atoms with Gasteiger partial charge < -0.3 is 10.6 Å². The number of nitrogens with zero attached hydrogens (tertiary/aromatic N) is 1. The molecule has 1 aliphatic rings. The van der Waals surface area contributed by atoms with Gasteiger partial charge in [-0.2, -0.15) is 0 Å². The topological polar surface area (TPSA) is 78.5 Å². The van der Waals surface area contributed by atoms with Crippen LogP contribution in [0.1, 0.15) is 20.7 Å². The molecule has 6 heteroatoms. The average molecular weight is 283 g/mol. The van der Waals surface area contributed by atoms with E-state index in [1.165, 1.54) is 7.05 Å². The molecule has 0 saturated heterocycles. The van der Waals surface area contributed by atoms with Gasteiger partial charge in [-0.3, -0.25) is 14.5 Å². The minimum atomic E-state index is -0.451. The Morgan fingerprint density at radius 3 is 2.14 bits per heavy atom. The van der Waals surface area contributed by atoms with Crippen LogP contribution in [-0.4, -0.2) is 36.5 Å². The zero-order chi connectivity index (χ0) is 15.0. The number of hydrogen-bond donors (Lipinski definition) is 2. The van der Waals surface area contributed by atoms with E-state index in [0.717, 1.165) is 10.3 Å². The van der Waals surface area contributed by atoms with Crippen molar-refractivity contribution in [3.05, 3.63) is 47.5 Å². The van der Waals surface area contributed by atoms with Gasteiger partial charge in [0.25, 0.3) is 11.8 Å². The molecule has 0 fully saturated rings. The van der Waals surface area contributed by atoms with Gasteiger partial charge in [-0.05, 0) is 17.5 Å². The SMILES string of the molecule is CNC(=O)NCN1C(=O)c2cccc3cccc(c23)C1=O. The number of hydrogen-bond acceptors (Lipinski definition) is 3. The summed E-state index contributed by atoms with van der Waals surface area (Å²) in [7, 11) is 1.46. The Morgan fingerprint density at radius 2 is 1.62 bits per heavy atom. The van der Waals surface area contributed by atoms with E-state index in [2.05, 4.69) is 10.6 Å². The van der Waals surface area contributed by atoms with Gasteiger partial charge in [0.1, 0.15) is 6.67 Å². The maximum atomic E-state index is 12.4. The van der Waals surface area contributed by atoms with E-state index >= 15 is 0 Å². The number of benzene rings is 2. The maximum absolute atomic E-state index is 12.4. The molecule has 21 heavy (non-hydrogen) atoms. The van der Waals surface area contributed by atoms with Gasteiger partial charge in [0.15, 0.2) is 0 Å². The smallest absolute Gasteiger partial charge is 0.315 e. The van der Waals surface area contributed by atoms with Gasteiger partial charge in [0.2, 0.25) is 0 Å². The summed E-state index contributed by atoms with van der Waals surface area (Å²) in [6, 6.07) is 10.2. The van der Waals surface area contributed by atoms with Gasteiger partial charge in [0.05, 0.1) is 0 Å². The summed E-state index contributed by atoms with van der Waals surface area (Å²) in [4.78, 5) is 37.2. The van der Waals surface area contributed by atoms with E-state index in [1.807, 2.05) is 12.1 Å². The van der Waals surface area contributed by atoms with E-state index < -0.39 is 17.8 Å². The summed E-state index contributed by atoms with van der Waals surface area (Å²) in [6.07, 6.45) is 0. The van der Waals surface area contributed by atoms with Crippen LogP contribution in [0.4, 0.5) is 4.79 Å². The lowest BCUT2D eigenvalue weighted by Crippen LogP contribution is -2.48. The Bertz CT molecular complexity index is 719. The fraction of sp³-hybridized carbons (Fsp3) is 0.133. The second-order valence-corrected chi connectivity index (χ2v) is 4.66. The first-order chi connectivity index (χ1) is 10.1. The number of carbonyl (C=O) groups excluding carboxylic acids is 3. The standard InChI is InChI=1S/C15H13N3O3/c1-16-15(21)17-8-18-13(19)10-6-2-4-9-5-3-7-11(12(9)10)14(18)20/h2-7H,8H2,1H3,(H2,16,17,21). The summed E-state index contributed by atoms with van der Waals surface area (Å²) >= 11 is 0. The summed E-state index contributed by atoms with van der Waals surface area (Å²) in [5, 5.41) is 6.36. The first kappa shape index (κ1) is 13.1. The predicted octanol–water partition coefficient (Wildman–Crippen LogP) is 1.32. The summed E-state index contributed by atoms with van der Waals surface area (Å²) in [5.41, 5.74) is 0.947. The molecule has 6 nitrogen and oxygen atoms in total. The van der Waals surface area contributed by atoms with Crippen molar-refractivity contribution in [3.8, 4) is 0 Å². The molecule has 0 aliphatic carbocycles. The molecular formula is C15H13N3O3. The third-order valence-corrected chi connectivity index (χ3v) is 3.48. The highest BCUT2D eigenvalue weighted by atomic mass is 16.2. The van der Waals surface area contributed by atoms with E-state index in [9.17, 15) is 14.4 Å². The molecule has 0 saturated carbocycles. The summed E-state index contributed by atoms with van der Waals surface area (Å²) in [6.45, 7) is -0.165. The van der Waals surface area contributed by atoms with Crippen molar-refractivity contribution in [1.82, 2.24) is 15.5 Å². The number of carbonyl (C=O) groups is 3. The van der Waals surface area contributed by atoms with Crippen LogP contribution in [0.15, 0.2) is 36.4 Å². The van der Waals surface area contributed by atoms with Crippen LogP contribution in [0.2, 0.25) is 0 Å². The second kappa shape index (κ2) is 4.90. The molecule has 4 amide bonds. The first-order valence-electron chi connectivity index (χ1n) is 6.47. The highest BCUT2D eigenvalue weighted by Gasteiger charge is 2.32. The van der Waals surface area contributed by atoms with Crippen LogP contribution in [-0.2, 0) is 0 Å². The molecule has 3 rings (SSSR count). The van der Waals surface area contributed by atoms with Crippen LogP contribution >= 0.6 is 0 Å². The fourth-order valence-electron chi connectivity index (χ4n) is 2.46. The molecule has 1 aliphatic heterocycles. The Kier molecular flexibility index (Phi) is 3.06. The van der Waals surface area contributed by atoms with Gasteiger partial charge in [0, 0.05) is 23.6 Å². The molecule has 0 spiro atoms. The molecule has 2 N–H and O–H groups in total. The zero-order valence-corrected chi connectivity index (χ0v) is 11.3. The normalized spacial score (nSPS) is 13.5. The van der Waals surface area contributed by atoms with Crippen molar-refractivity contribution >= 4 is 28.6 Å². The van der Waals surface area contributed by atoms with Gasteiger partial charge in [-0.1, -0.05) is 24.3 Å². The van der Waals surface area contributed by atoms with Crippen LogP contribution in [0.3, 0.4) is 0 Å². The lowest BCUT2D eigenvalue weighted by atomic mass is 9.94. The largest absolute Gasteiger partial charge is 0.341 e. The molecule has 106 valence electrons. The highest BCUT2D eigenvalue weighted by molar-refractivity contribution is 6.25. The molecule has 0 atom stereocenters. The van der Waals surface area contributed by atoms with Crippen LogP contribution in [0.25, 0.3) is 10.8 Å². The van der Waals surface area contributed by atoms with E-state index in [0.29, 0.717) is 16.5 Å². The van der Waals surface area contributed by atoms with Crippen molar-refractivity contribution in [2.45, 2.75) is 0 Å². The van der Waals surface area contributed by atoms with Gasteiger partial charge in [-0.25, -0.2) is 4.79 Å². The van der Waals surface area contributed by atoms with Gasteiger partial charge in [-0.15, -0.1) is 0 Å².